The summed E-state index contributed by atoms with van der Waals surface area (Å²) in [7, 11) is 0. The van der Waals surface area contributed by atoms with E-state index in [2.05, 4.69) is 33.5 Å². The van der Waals surface area contributed by atoms with Crippen LogP contribution in [0.3, 0.4) is 0 Å². The molecule has 0 aliphatic heterocycles. The number of urea groups is 1. The first kappa shape index (κ1) is 15.3. The first-order valence-corrected chi connectivity index (χ1v) is 7.76. The lowest BCUT2D eigenvalue weighted by molar-refractivity contribution is 0.0351. The van der Waals surface area contributed by atoms with E-state index in [4.69, 9.17) is 0 Å². The highest BCUT2D eigenvalue weighted by Crippen LogP contribution is 2.29. The Balaban J connectivity index is 1.93. The van der Waals surface area contributed by atoms with E-state index in [1.54, 1.807) is 0 Å². The average Bonchev–Trinajstić information content (AvgIpc) is 3.12. The van der Waals surface area contributed by atoms with Gasteiger partial charge < -0.3 is 15.7 Å². The van der Waals surface area contributed by atoms with Gasteiger partial charge in [0.15, 0.2) is 0 Å². The third-order valence-corrected chi connectivity index (χ3v) is 4.46. The third-order valence-electron chi connectivity index (χ3n) is 3.93. The summed E-state index contributed by atoms with van der Waals surface area (Å²) in [5.74, 6) is 0.567. The van der Waals surface area contributed by atoms with E-state index in [1.807, 2.05) is 31.2 Å². The second kappa shape index (κ2) is 6.14. The molecule has 0 bridgehead atoms. The van der Waals surface area contributed by atoms with Gasteiger partial charge in [-0.25, -0.2) is 4.79 Å². The molecule has 0 radical (unpaired) electrons. The van der Waals surface area contributed by atoms with Crippen molar-refractivity contribution in [2.24, 2.45) is 5.92 Å². The van der Waals surface area contributed by atoms with Gasteiger partial charge in [0.2, 0.25) is 0 Å². The second-order valence-corrected chi connectivity index (χ2v) is 6.45. The van der Waals surface area contributed by atoms with Crippen LogP contribution in [-0.4, -0.2) is 23.7 Å². The minimum atomic E-state index is -1.03. The number of carbonyl (C=O) groups is 1. The van der Waals surface area contributed by atoms with Gasteiger partial charge in [-0.2, -0.15) is 0 Å². The predicted molar refractivity (Wildman–Crippen MR) is 82.4 cm³/mol. The maximum Gasteiger partial charge on any atom is 0.315 e. The van der Waals surface area contributed by atoms with Crippen LogP contribution in [0.15, 0.2) is 28.7 Å². The van der Waals surface area contributed by atoms with Crippen molar-refractivity contribution in [1.82, 2.24) is 10.6 Å². The molecule has 3 N–H and O–H groups in total. The quantitative estimate of drug-likeness (QED) is 0.771. The van der Waals surface area contributed by atoms with Gasteiger partial charge in [-0.1, -0.05) is 41.9 Å². The summed E-state index contributed by atoms with van der Waals surface area (Å²) in [6.07, 6.45) is 1.58. The number of halogens is 1. The molecular formula is C15H21BrN2O2. The number of aliphatic hydroxyl groups is 1. The van der Waals surface area contributed by atoms with Gasteiger partial charge in [-0.15, -0.1) is 0 Å². The molecule has 1 aromatic carbocycles. The Morgan fingerprint density at radius 2 is 2.05 bits per heavy atom. The molecule has 1 fully saturated rings. The van der Waals surface area contributed by atoms with E-state index >= 15 is 0 Å². The van der Waals surface area contributed by atoms with Crippen molar-refractivity contribution in [2.45, 2.75) is 38.3 Å². The van der Waals surface area contributed by atoms with Crippen LogP contribution >= 0.6 is 15.9 Å². The second-order valence-electron chi connectivity index (χ2n) is 5.54. The van der Waals surface area contributed by atoms with Crippen LogP contribution in [0, 0.1) is 5.92 Å². The summed E-state index contributed by atoms with van der Waals surface area (Å²) in [5, 5.41) is 16.3. The molecule has 5 heteroatoms. The normalized spacial score (nSPS) is 23.8. The number of benzene rings is 1. The lowest BCUT2D eigenvalue weighted by atomic mass is 9.91. The number of rotatable bonds is 5. The number of carbonyl (C=O) groups excluding carboxylic acids is 1. The minimum Gasteiger partial charge on any atom is -0.383 e. The molecule has 110 valence electrons. The zero-order valence-electron chi connectivity index (χ0n) is 11.8. The Hall–Kier alpha value is -1.07. The highest BCUT2D eigenvalue weighted by molar-refractivity contribution is 9.10. The number of amides is 2. The van der Waals surface area contributed by atoms with Gasteiger partial charge in [-0.3, -0.25) is 0 Å². The summed E-state index contributed by atoms with van der Waals surface area (Å²) in [4.78, 5) is 11.7. The van der Waals surface area contributed by atoms with E-state index in [0.717, 1.165) is 16.5 Å². The van der Waals surface area contributed by atoms with Crippen LogP contribution in [-0.2, 0) is 5.60 Å². The van der Waals surface area contributed by atoms with Crippen LogP contribution in [0.1, 0.15) is 32.3 Å². The molecule has 0 spiro atoms. The Labute approximate surface area is 128 Å². The summed E-state index contributed by atoms with van der Waals surface area (Å²) >= 11 is 3.37. The van der Waals surface area contributed by atoms with Crippen LogP contribution in [0.25, 0.3) is 0 Å². The fourth-order valence-corrected chi connectivity index (χ4v) is 2.42. The molecule has 20 heavy (non-hydrogen) atoms. The van der Waals surface area contributed by atoms with E-state index < -0.39 is 5.60 Å². The highest BCUT2D eigenvalue weighted by atomic mass is 79.9. The van der Waals surface area contributed by atoms with Crippen LogP contribution in [0.4, 0.5) is 4.79 Å². The maximum atomic E-state index is 11.7. The summed E-state index contributed by atoms with van der Waals surface area (Å²) in [5.41, 5.74) is -0.226. The van der Waals surface area contributed by atoms with E-state index in [9.17, 15) is 9.90 Å². The summed E-state index contributed by atoms with van der Waals surface area (Å²) in [6, 6.07) is 7.61. The highest BCUT2D eigenvalue weighted by Gasteiger charge is 2.34. The molecule has 0 aromatic heterocycles. The van der Waals surface area contributed by atoms with Gasteiger partial charge in [0.05, 0.1) is 6.54 Å². The molecule has 2 amide bonds. The molecule has 4 nitrogen and oxygen atoms in total. The number of hydrogen-bond acceptors (Lipinski definition) is 2. The fraction of sp³-hybridized carbons (Fsp3) is 0.533. The largest absolute Gasteiger partial charge is 0.383 e. The first-order valence-electron chi connectivity index (χ1n) is 6.97. The summed E-state index contributed by atoms with van der Waals surface area (Å²) in [6.45, 7) is 4.22. The van der Waals surface area contributed by atoms with Crippen molar-refractivity contribution in [1.29, 1.82) is 0 Å². The van der Waals surface area contributed by atoms with Gasteiger partial charge in [0, 0.05) is 10.5 Å². The molecule has 1 aliphatic carbocycles. The zero-order chi connectivity index (χ0) is 14.8. The molecule has 3 atom stereocenters. The third kappa shape index (κ3) is 3.73. The van der Waals surface area contributed by atoms with Crippen molar-refractivity contribution in [3.05, 3.63) is 34.3 Å². The van der Waals surface area contributed by atoms with Gasteiger partial charge in [-0.05, 0) is 36.5 Å². The maximum absolute atomic E-state index is 11.7. The monoisotopic (exact) mass is 340 g/mol. The molecule has 1 aliphatic rings. The molecule has 2 rings (SSSR count). The Kier molecular flexibility index (Phi) is 4.70. The van der Waals surface area contributed by atoms with Crippen molar-refractivity contribution >= 4 is 22.0 Å². The van der Waals surface area contributed by atoms with Gasteiger partial charge >= 0.3 is 6.03 Å². The molecule has 0 saturated heterocycles. The minimum absolute atomic E-state index is 0.205. The smallest absolute Gasteiger partial charge is 0.315 e. The van der Waals surface area contributed by atoms with Crippen molar-refractivity contribution in [3.8, 4) is 0 Å². The topological polar surface area (TPSA) is 61.4 Å². The Morgan fingerprint density at radius 1 is 1.45 bits per heavy atom. The number of nitrogens with one attached hydrogen (secondary N) is 2. The standard InChI is InChI=1S/C15H21BrN2O2/c1-3-15(20,11-4-6-12(16)7-5-11)9-17-14(19)18-13-8-10(13)2/h4-7,10,13,20H,3,8-9H2,1-2H3,(H2,17,18,19). The molecule has 0 heterocycles. The molecular weight excluding hydrogens is 320 g/mol. The van der Waals surface area contributed by atoms with Crippen LogP contribution in [0.2, 0.25) is 0 Å². The molecule has 3 unspecified atom stereocenters. The van der Waals surface area contributed by atoms with Crippen LogP contribution < -0.4 is 10.6 Å². The average molecular weight is 341 g/mol. The van der Waals surface area contributed by atoms with Crippen LogP contribution in [0.5, 0.6) is 0 Å². The first-order chi connectivity index (χ1) is 9.44. The van der Waals surface area contributed by atoms with E-state index in [-0.39, 0.29) is 18.6 Å². The molecule has 1 aromatic rings. The Morgan fingerprint density at radius 3 is 2.55 bits per heavy atom. The Bertz CT molecular complexity index is 477. The zero-order valence-corrected chi connectivity index (χ0v) is 13.4. The summed E-state index contributed by atoms with van der Waals surface area (Å²) < 4.78 is 0.966. The van der Waals surface area contributed by atoms with Crippen molar-refractivity contribution in [3.63, 3.8) is 0 Å². The van der Waals surface area contributed by atoms with Gasteiger partial charge in [0.25, 0.3) is 0 Å². The number of hydrogen-bond donors (Lipinski definition) is 3. The van der Waals surface area contributed by atoms with Gasteiger partial charge in [0.1, 0.15) is 5.60 Å². The van der Waals surface area contributed by atoms with E-state index in [0.29, 0.717) is 12.3 Å². The SMILES string of the molecule is CCC(O)(CNC(=O)NC1CC1C)c1ccc(Br)cc1. The lowest BCUT2D eigenvalue weighted by Gasteiger charge is -2.27. The molecule has 1 saturated carbocycles. The van der Waals surface area contributed by atoms with E-state index in [1.165, 1.54) is 0 Å². The van der Waals surface area contributed by atoms with Crippen molar-refractivity contribution < 1.29 is 9.90 Å². The predicted octanol–water partition coefficient (Wildman–Crippen LogP) is 2.75. The fourth-order valence-electron chi connectivity index (χ4n) is 2.16. The lowest BCUT2D eigenvalue weighted by Crippen LogP contribution is -2.45. The van der Waals surface area contributed by atoms with Crippen molar-refractivity contribution in [2.75, 3.05) is 6.54 Å².